The minimum atomic E-state index is 0.432. The lowest BCUT2D eigenvalue weighted by Gasteiger charge is -2.01. The predicted octanol–water partition coefficient (Wildman–Crippen LogP) is 2.08. The van der Waals surface area contributed by atoms with E-state index in [9.17, 15) is 0 Å². The Labute approximate surface area is 83.1 Å². The lowest BCUT2D eigenvalue weighted by atomic mass is 10.5. The summed E-state index contributed by atoms with van der Waals surface area (Å²) in [6.07, 6.45) is 5.14. The highest BCUT2D eigenvalue weighted by molar-refractivity contribution is 5.95. The molecule has 0 atom stereocenters. The summed E-state index contributed by atoms with van der Waals surface area (Å²) >= 11 is 0. The van der Waals surface area contributed by atoms with E-state index in [1.54, 1.807) is 12.4 Å². The van der Waals surface area contributed by atoms with E-state index >= 15 is 0 Å². The fourth-order valence-electron chi connectivity index (χ4n) is 0.809. The molecular formula is C10H12N4. The minimum absolute atomic E-state index is 0.432. The Morgan fingerprint density at radius 2 is 2.43 bits per heavy atom. The molecule has 0 aromatic carbocycles. The van der Waals surface area contributed by atoms with E-state index in [0.717, 1.165) is 0 Å². The monoisotopic (exact) mass is 188 g/mol. The van der Waals surface area contributed by atoms with Crippen molar-refractivity contribution in [1.82, 2.24) is 4.98 Å². The number of anilines is 1. The molecule has 0 saturated heterocycles. The summed E-state index contributed by atoms with van der Waals surface area (Å²) < 4.78 is 0. The van der Waals surface area contributed by atoms with Crippen molar-refractivity contribution >= 4 is 18.5 Å². The molecule has 0 aliphatic rings. The van der Waals surface area contributed by atoms with Gasteiger partial charge in [-0.05, 0) is 25.8 Å². The Morgan fingerprint density at radius 3 is 3.00 bits per heavy atom. The first kappa shape index (κ1) is 10.1. The maximum absolute atomic E-state index is 4.07. The lowest BCUT2D eigenvalue weighted by molar-refractivity contribution is 1.31. The summed E-state index contributed by atoms with van der Waals surface area (Å²) in [7, 11) is 0. The van der Waals surface area contributed by atoms with Crippen LogP contribution in [0.4, 0.5) is 5.82 Å². The SMILES string of the molecule is C=NC(=NC=CC)Nc1ccccn1. The number of aliphatic imine (C=N–C) groups is 2. The van der Waals surface area contributed by atoms with Gasteiger partial charge in [-0.1, -0.05) is 12.1 Å². The molecule has 0 spiro atoms. The van der Waals surface area contributed by atoms with E-state index in [1.165, 1.54) is 0 Å². The fraction of sp³-hybridized carbons (Fsp3) is 0.100. The summed E-state index contributed by atoms with van der Waals surface area (Å²) in [5.41, 5.74) is 0. The van der Waals surface area contributed by atoms with Gasteiger partial charge >= 0.3 is 0 Å². The van der Waals surface area contributed by atoms with Gasteiger partial charge in [-0.2, -0.15) is 0 Å². The molecule has 1 heterocycles. The molecular weight excluding hydrogens is 176 g/mol. The molecule has 0 bridgehead atoms. The third-order valence-corrected chi connectivity index (χ3v) is 1.40. The van der Waals surface area contributed by atoms with Crippen molar-refractivity contribution in [2.45, 2.75) is 6.92 Å². The molecule has 72 valence electrons. The molecule has 1 aromatic rings. The van der Waals surface area contributed by atoms with Crippen LogP contribution in [0, 0.1) is 0 Å². The Balaban J connectivity index is 2.71. The summed E-state index contributed by atoms with van der Waals surface area (Å²) in [5, 5.41) is 2.92. The van der Waals surface area contributed by atoms with Crippen LogP contribution in [0.2, 0.25) is 0 Å². The van der Waals surface area contributed by atoms with Crippen LogP contribution < -0.4 is 5.32 Å². The van der Waals surface area contributed by atoms with E-state index in [0.29, 0.717) is 11.8 Å². The number of hydrogen-bond donors (Lipinski definition) is 1. The van der Waals surface area contributed by atoms with E-state index in [-0.39, 0.29) is 0 Å². The first-order valence-corrected chi connectivity index (χ1v) is 4.20. The van der Waals surface area contributed by atoms with Gasteiger partial charge in [0.05, 0.1) is 0 Å². The van der Waals surface area contributed by atoms with Crippen LogP contribution in [-0.2, 0) is 0 Å². The van der Waals surface area contributed by atoms with Crippen molar-refractivity contribution in [2.75, 3.05) is 5.32 Å². The fourth-order valence-corrected chi connectivity index (χ4v) is 0.809. The van der Waals surface area contributed by atoms with Gasteiger partial charge in [-0.25, -0.2) is 15.0 Å². The van der Waals surface area contributed by atoms with Gasteiger partial charge in [0.1, 0.15) is 5.82 Å². The smallest absolute Gasteiger partial charge is 0.227 e. The molecule has 0 radical (unpaired) electrons. The number of aromatic nitrogens is 1. The quantitative estimate of drug-likeness (QED) is 0.570. The maximum Gasteiger partial charge on any atom is 0.227 e. The molecule has 1 rings (SSSR count). The van der Waals surface area contributed by atoms with Crippen molar-refractivity contribution in [3.05, 3.63) is 36.7 Å². The molecule has 0 aliphatic carbocycles. The Bertz CT molecular complexity index is 340. The topological polar surface area (TPSA) is 49.6 Å². The first-order valence-electron chi connectivity index (χ1n) is 4.20. The number of allylic oxidation sites excluding steroid dienone is 1. The number of rotatable bonds is 2. The van der Waals surface area contributed by atoms with Crippen LogP contribution >= 0.6 is 0 Å². The molecule has 14 heavy (non-hydrogen) atoms. The van der Waals surface area contributed by atoms with Crippen LogP contribution in [-0.4, -0.2) is 17.7 Å². The number of hydrogen-bond acceptors (Lipinski definition) is 2. The number of pyridine rings is 1. The highest BCUT2D eigenvalue weighted by Gasteiger charge is 1.94. The molecule has 0 unspecified atom stereocenters. The summed E-state index contributed by atoms with van der Waals surface area (Å²) in [6.45, 7) is 5.29. The maximum atomic E-state index is 4.07. The predicted molar refractivity (Wildman–Crippen MR) is 59.7 cm³/mol. The van der Waals surface area contributed by atoms with Gasteiger partial charge in [-0.3, -0.25) is 0 Å². The average molecular weight is 188 g/mol. The second-order valence-electron chi connectivity index (χ2n) is 2.43. The third kappa shape index (κ3) is 3.18. The molecule has 1 N–H and O–H groups in total. The molecule has 4 heteroatoms. The third-order valence-electron chi connectivity index (χ3n) is 1.40. The standard InChI is InChI=1S/C10H12N4/c1-3-7-13-10(11-2)14-9-6-4-5-8-12-9/h3-8H,2H2,1H3,(H,12,13,14). The van der Waals surface area contributed by atoms with E-state index in [4.69, 9.17) is 0 Å². The number of guanidine groups is 1. The first-order chi connectivity index (χ1) is 6.86. The molecule has 0 fully saturated rings. The number of nitrogens with one attached hydrogen (secondary N) is 1. The zero-order chi connectivity index (χ0) is 10.2. The van der Waals surface area contributed by atoms with Gasteiger partial charge in [0.25, 0.3) is 0 Å². The summed E-state index contributed by atoms with van der Waals surface area (Å²) in [4.78, 5) is 11.8. The largest absolute Gasteiger partial charge is 0.309 e. The Kier molecular flexibility index (Phi) is 4.07. The second-order valence-corrected chi connectivity index (χ2v) is 2.43. The van der Waals surface area contributed by atoms with Crippen LogP contribution in [0.15, 0.2) is 46.7 Å². The average Bonchev–Trinajstić information content (AvgIpc) is 2.25. The Morgan fingerprint density at radius 1 is 1.57 bits per heavy atom. The van der Waals surface area contributed by atoms with Crippen molar-refractivity contribution in [3.63, 3.8) is 0 Å². The summed E-state index contributed by atoms with van der Waals surface area (Å²) in [5.74, 6) is 1.13. The van der Waals surface area contributed by atoms with Crippen molar-refractivity contribution in [1.29, 1.82) is 0 Å². The number of nitrogens with zero attached hydrogens (tertiary/aromatic N) is 3. The van der Waals surface area contributed by atoms with E-state index in [1.807, 2.05) is 31.2 Å². The van der Waals surface area contributed by atoms with Gasteiger partial charge < -0.3 is 5.32 Å². The highest BCUT2D eigenvalue weighted by Crippen LogP contribution is 2.00. The van der Waals surface area contributed by atoms with Gasteiger partial charge in [-0.15, -0.1) is 0 Å². The normalized spacial score (nSPS) is 11.6. The zero-order valence-electron chi connectivity index (χ0n) is 8.01. The molecule has 4 nitrogen and oxygen atoms in total. The summed E-state index contributed by atoms with van der Waals surface area (Å²) in [6, 6.07) is 5.55. The second kappa shape index (κ2) is 5.64. The van der Waals surface area contributed by atoms with Gasteiger partial charge in [0.2, 0.25) is 5.96 Å². The van der Waals surface area contributed by atoms with Crippen LogP contribution in [0.5, 0.6) is 0 Å². The van der Waals surface area contributed by atoms with Crippen molar-refractivity contribution in [2.24, 2.45) is 9.98 Å². The molecule has 0 aliphatic heterocycles. The van der Waals surface area contributed by atoms with Crippen LogP contribution in [0.1, 0.15) is 6.92 Å². The van der Waals surface area contributed by atoms with Crippen molar-refractivity contribution < 1.29 is 0 Å². The Hall–Kier alpha value is -1.97. The molecule has 0 saturated carbocycles. The highest BCUT2D eigenvalue weighted by atomic mass is 15.1. The van der Waals surface area contributed by atoms with Crippen LogP contribution in [0.3, 0.4) is 0 Å². The lowest BCUT2D eigenvalue weighted by Crippen LogP contribution is -2.09. The van der Waals surface area contributed by atoms with Gasteiger partial charge in [0, 0.05) is 12.4 Å². The zero-order valence-corrected chi connectivity index (χ0v) is 8.01. The van der Waals surface area contributed by atoms with Crippen molar-refractivity contribution in [3.8, 4) is 0 Å². The molecule has 1 aromatic heterocycles. The molecule has 0 amide bonds. The van der Waals surface area contributed by atoms with Gasteiger partial charge in [0.15, 0.2) is 0 Å². The minimum Gasteiger partial charge on any atom is -0.309 e. The van der Waals surface area contributed by atoms with E-state index in [2.05, 4.69) is 27.0 Å². The van der Waals surface area contributed by atoms with Crippen LogP contribution in [0.25, 0.3) is 0 Å². The van der Waals surface area contributed by atoms with E-state index < -0.39 is 0 Å².